The highest BCUT2D eigenvalue weighted by molar-refractivity contribution is 7.98. The van der Waals surface area contributed by atoms with E-state index in [1.54, 1.807) is 24.9 Å². The number of hydrogen-bond donors (Lipinski definition) is 2. The summed E-state index contributed by atoms with van der Waals surface area (Å²) in [6.07, 6.45) is 0. The Bertz CT molecular complexity index is 597. The molecular weight excluding hydrogens is 264 g/mol. The third-order valence-electron chi connectivity index (χ3n) is 2.53. The van der Waals surface area contributed by atoms with Crippen LogP contribution in [0, 0.1) is 5.41 Å². The van der Waals surface area contributed by atoms with Gasteiger partial charge in [-0.2, -0.15) is 0 Å². The largest absolute Gasteiger partial charge is 0.496 e. The Morgan fingerprint density at radius 1 is 1.53 bits per heavy atom. The van der Waals surface area contributed by atoms with Crippen molar-refractivity contribution < 1.29 is 4.74 Å². The van der Waals surface area contributed by atoms with Crippen molar-refractivity contribution in [1.29, 1.82) is 5.41 Å². The van der Waals surface area contributed by atoms with Crippen LogP contribution in [-0.2, 0) is 12.8 Å². The van der Waals surface area contributed by atoms with Crippen LogP contribution in [0.2, 0.25) is 0 Å². The van der Waals surface area contributed by atoms with E-state index in [9.17, 15) is 0 Å². The second-order valence-electron chi connectivity index (χ2n) is 3.81. The number of nitrogens with one attached hydrogen (secondary N) is 1. The lowest BCUT2D eigenvalue weighted by atomic mass is 10.1. The number of benzene rings is 1. The highest BCUT2D eigenvalue weighted by atomic mass is 32.2. The molecule has 0 aliphatic carbocycles. The first-order valence-electron chi connectivity index (χ1n) is 5.48. The minimum atomic E-state index is 0.0363. The first-order chi connectivity index (χ1) is 9.11. The maximum Gasteiger partial charge on any atom is 0.209 e. The molecule has 0 atom stereocenters. The maximum atomic E-state index is 7.46. The van der Waals surface area contributed by atoms with Gasteiger partial charge in [0.1, 0.15) is 11.6 Å². The highest BCUT2D eigenvalue weighted by Crippen LogP contribution is 2.27. The molecule has 0 aliphatic rings. The Hall–Kier alpha value is -2.09. The molecule has 0 amide bonds. The number of rotatable bonds is 5. The van der Waals surface area contributed by atoms with Crippen molar-refractivity contribution >= 4 is 17.6 Å². The van der Waals surface area contributed by atoms with Crippen LogP contribution in [0.25, 0.3) is 0 Å². The Balaban J connectivity index is 2.20. The lowest BCUT2D eigenvalue weighted by Gasteiger charge is -2.09. The molecule has 0 unspecified atom stereocenters. The lowest BCUT2D eigenvalue weighted by molar-refractivity contribution is 0.411. The van der Waals surface area contributed by atoms with Crippen LogP contribution in [-0.4, -0.2) is 33.2 Å². The van der Waals surface area contributed by atoms with Gasteiger partial charge in [0.2, 0.25) is 5.16 Å². The van der Waals surface area contributed by atoms with Crippen LogP contribution < -0.4 is 10.5 Å². The number of aryl methyl sites for hydroxylation is 1. The van der Waals surface area contributed by atoms with Crippen molar-refractivity contribution in [3.8, 4) is 5.75 Å². The molecule has 3 N–H and O–H groups in total. The SMILES string of the molecule is COc1ccc(C(=N)N)cc1CSc1nnnn1C. The molecule has 100 valence electrons. The van der Waals surface area contributed by atoms with Crippen molar-refractivity contribution in [1.82, 2.24) is 20.2 Å². The van der Waals surface area contributed by atoms with Crippen molar-refractivity contribution in [2.45, 2.75) is 10.9 Å². The summed E-state index contributed by atoms with van der Waals surface area (Å²) in [6, 6.07) is 5.42. The minimum Gasteiger partial charge on any atom is -0.496 e. The van der Waals surface area contributed by atoms with Gasteiger partial charge in [0.15, 0.2) is 0 Å². The van der Waals surface area contributed by atoms with Crippen molar-refractivity contribution in [2.24, 2.45) is 12.8 Å². The van der Waals surface area contributed by atoms with E-state index in [0.717, 1.165) is 16.5 Å². The number of nitrogen functional groups attached to an aromatic ring is 1. The van der Waals surface area contributed by atoms with Gasteiger partial charge in [-0.05, 0) is 28.6 Å². The molecule has 0 aliphatic heterocycles. The van der Waals surface area contributed by atoms with Crippen molar-refractivity contribution in [3.05, 3.63) is 29.3 Å². The molecule has 19 heavy (non-hydrogen) atoms. The lowest BCUT2D eigenvalue weighted by Crippen LogP contribution is -2.11. The molecule has 0 spiro atoms. The van der Waals surface area contributed by atoms with Gasteiger partial charge in [-0.1, -0.05) is 11.8 Å². The molecular formula is C11H14N6OS. The number of amidine groups is 1. The molecule has 0 bridgehead atoms. The summed E-state index contributed by atoms with van der Waals surface area (Å²) in [5.74, 6) is 1.43. The monoisotopic (exact) mass is 278 g/mol. The van der Waals surface area contributed by atoms with Gasteiger partial charge in [-0.3, -0.25) is 5.41 Å². The summed E-state index contributed by atoms with van der Waals surface area (Å²) < 4.78 is 6.90. The zero-order valence-corrected chi connectivity index (χ0v) is 11.4. The van der Waals surface area contributed by atoms with E-state index in [4.69, 9.17) is 15.9 Å². The quantitative estimate of drug-likeness (QED) is 0.476. The number of hydrogen-bond acceptors (Lipinski definition) is 6. The third kappa shape index (κ3) is 3.02. The van der Waals surface area contributed by atoms with Gasteiger partial charge < -0.3 is 10.5 Å². The number of nitrogens with two attached hydrogens (primary N) is 1. The fraction of sp³-hybridized carbons (Fsp3) is 0.273. The highest BCUT2D eigenvalue weighted by Gasteiger charge is 2.09. The van der Waals surface area contributed by atoms with Gasteiger partial charge in [0.25, 0.3) is 0 Å². The van der Waals surface area contributed by atoms with E-state index < -0.39 is 0 Å². The third-order valence-corrected chi connectivity index (χ3v) is 3.59. The Kier molecular flexibility index (Phi) is 4.00. The van der Waals surface area contributed by atoms with Crippen LogP contribution in [0.1, 0.15) is 11.1 Å². The predicted molar refractivity (Wildman–Crippen MR) is 72.4 cm³/mol. The summed E-state index contributed by atoms with van der Waals surface area (Å²) in [7, 11) is 3.40. The van der Waals surface area contributed by atoms with Crippen LogP contribution in [0.15, 0.2) is 23.4 Å². The fourth-order valence-corrected chi connectivity index (χ4v) is 2.37. The van der Waals surface area contributed by atoms with Gasteiger partial charge in [0, 0.05) is 23.9 Å². The first-order valence-corrected chi connectivity index (χ1v) is 6.47. The molecule has 0 radical (unpaired) electrons. The summed E-state index contributed by atoms with van der Waals surface area (Å²) in [4.78, 5) is 0. The molecule has 1 aromatic carbocycles. The van der Waals surface area contributed by atoms with Crippen molar-refractivity contribution in [3.63, 3.8) is 0 Å². The average Bonchev–Trinajstić information content (AvgIpc) is 2.81. The number of thioether (sulfide) groups is 1. The number of nitrogens with zero attached hydrogens (tertiary/aromatic N) is 4. The van der Waals surface area contributed by atoms with E-state index in [2.05, 4.69) is 15.5 Å². The zero-order chi connectivity index (χ0) is 13.8. The van der Waals surface area contributed by atoms with Crippen LogP contribution in [0.3, 0.4) is 0 Å². The average molecular weight is 278 g/mol. The second-order valence-corrected chi connectivity index (χ2v) is 4.76. The fourth-order valence-electron chi connectivity index (χ4n) is 1.54. The molecule has 7 nitrogen and oxygen atoms in total. The van der Waals surface area contributed by atoms with Crippen LogP contribution in [0.5, 0.6) is 5.75 Å². The maximum absolute atomic E-state index is 7.46. The molecule has 0 saturated carbocycles. The molecule has 1 aromatic heterocycles. The molecule has 2 rings (SSSR count). The predicted octanol–water partition coefficient (Wildman–Crippen LogP) is 0.795. The Morgan fingerprint density at radius 3 is 2.89 bits per heavy atom. The number of tetrazole rings is 1. The summed E-state index contributed by atoms with van der Waals surface area (Å²) >= 11 is 1.49. The molecule has 1 heterocycles. The summed E-state index contributed by atoms with van der Waals surface area (Å²) in [6.45, 7) is 0. The second kappa shape index (κ2) is 5.70. The normalized spacial score (nSPS) is 10.4. The minimum absolute atomic E-state index is 0.0363. The van der Waals surface area contributed by atoms with Crippen molar-refractivity contribution in [2.75, 3.05) is 7.11 Å². The summed E-state index contributed by atoms with van der Waals surface area (Å²) in [5.41, 5.74) is 7.11. The van der Waals surface area contributed by atoms with E-state index in [1.807, 2.05) is 12.1 Å². The van der Waals surface area contributed by atoms with Gasteiger partial charge >= 0.3 is 0 Å². The molecule has 0 saturated heterocycles. The molecule has 0 fully saturated rings. The van der Waals surface area contributed by atoms with E-state index >= 15 is 0 Å². The smallest absolute Gasteiger partial charge is 0.209 e. The zero-order valence-electron chi connectivity index (χ0n) is 10.6. The van der Waals surface area contributed by atoms with Crippen LogP contribution >= 0.6 is 11.8 Å². The van der Waals surface area contributed by atoms with Crippen LogP contribution in [0.4, 0.5) is 0 Å². The van der Waals surface area contributed by atoms with E-state index in [-0.39, 0.29) is 5.84 Å². The molecule has 8 heteroatoms. The first kappa shape index (κ1) is 13.3. The standard InChI is InChI=1S/C11H14N6OS/c1-17-11(14-15-16-17)19-6-8-5-7(10(12)13)3-4-9(8)18-2/h3-5H,6H2,1-2H3,(H3,12,13). The Morgan fingerprint density at radius 2 is 2.32 bits per heavy atom. The van der Waals surface area contributed by atoms with E-state index in [0.29, 0.717) is 11.3 Å². The van der Waals surface area contributed by atoms with Gasteiger partial charge in [0.05, 0.1) is 7.11 Å². The van der Waals surface area contributed by atoms with E-state index in [1.165, 1.54) is 11.8 Å². The topological polar surface area (TPSA) is 103 Å². The number of methoxy groups -OCH3 is 1. The van der Waals surface area contributed by atoms with Gasteiger partial charge in [-0.25, -0.2) is 4.68 Å². The number of ether oxygens (including phenoxy) is 1. The molecule has 2 aromatic rings. The van der Waals surface area contributed by atoms with Gasteiger partial charge in [-0.15, -0.1) is 5.10 Å². The number of aromatic nitrogens is 4. The summed E-state index contributed by atoms with van der Waals surface area (Å²) in [5, 5.41) is 19.4. The Labute approximate surface area is 114 Å².